The Balaban J connectivity index is 1.63. The topological polar surface area (TPSA) is 77.8 Å². The normalized spacial score (nSPS) is 11.2. The van der Waals surface area contributed by atoms with E-state index in [2.05, 4.69) is 20.4 Å². The van der Waals surface area contributed by atoms with Crippen molar-refractivity contribution in [1.82, 2.24) is 24.7 Å². The Kier molecular flexibility index (Phi) is 4.67. The molecule has 0 fully saturated rings. The predicted octanol–water partition coefficient (Wildman–Crippen LogP) is 5.39. The number of fused-ring (bicyclic) bond motifs is 2. The van der Waals surface area contributed by atoms with E-state index in [-0.39, 0.29) is 5.15 Å². The van der Waals surface area contributed by atoms with Gasteiger partial charge in [0.2, 0.25) is 0 Å². The first kappa shape index (κ1) is 19.3. The van der Waals surface area contributed by atoms with Crippen LogP contribution in [0.5, 0.6) is 5.75 Å². The third-order valence-electron chi connectivity index (χ3n) is 5.04. The number of halogens is 1. The van der Waals surface area contributed by atoms with Crippen molar-refractivity contribution in [2.45, 2.75) is 13.8 Å². The molecule has 2 aromatic carbocycles. The molecule has 8 heteroatoms. The van der Waals surface area contributed by atoms with Crippen LogP contribution >= 0.6 is 11.6 Å². The number of aromatic nitrogens is 5. The predicted molar refractivity (Wildman–Crippen MR) is 123 cm³/mol. The molecule has 3 aromatic heterocycles. The van der Waals surface area contributed by atoms with Crippen LogP contribution < -0.4 is 10.1 Å². The maximum absolute atomic E-state index is 6.40. The molecule has 0 saturated carbocycles. The van der Waals surface area contributed by atoms with Crippen LogP contribution in [0, 0.1) is 13.8 Å². The Morgan fingerprint density at radius 2 is 1.71 bits per heavy atom. The number of hydrogen-bond acceptors (Lipinski definition) is 6. The number of hydrogen-bond donors (Lipinski definition) is 1. The van der Waals surface area contributed by atoms with Gasteiger partial charge in [0.1, 0.15) is 17.1 Å². The number of ether oxygens (including phenoxy) is 1. The molecule has 0 aliphatic heterocycles. The van der Waals surface area contributed by atoms with Crippen LogP contribution in [0.2, 0.25) is 5.15 Å². The Morgan fingerprint density at radius 1 is 0.935 bits per heavy atom. The number of methoxy groups -OCH3 is 1. The molecule has 5 aromatic rings. The zero-order valence-electron chi connectivity index (χ0n) is 17.2. The fourth-order valence-electron chi connectivity index (χ4n) is 3.59. The lowest BCUT2D eigenvalue weighted by Gasteiger charge is -2.13. The largest absolute Gasteiger partial charge is 0.494 e. The summed E-state index contributed by atoms with van der Waals surface area (Å²) >= 11 is 6.40. The molecule has 31 heavy (non-hydrogen) atoms. The van der Waals surface area contributed by atoms with Gasteiger partial charge in [0, 0.05) is 11.5 Å². The first-order chi connectivity index (χ1) is 15.0. The molecule has 0 radical (unpaired) electrons. The molecule has 7 nitrogen and oxygen atoms in total. The minimum Gasteiger partial charge on any atom is -0.494 e. The Morgan fingerprint density at radius 3 is 2.48 bits per heavy atom. The second-order valence-electron chi connectivity index (χ2n) is 7.21. The number of nitrogens with zero attached hydrogens (tertiary/aromatic N) is 5. The van der Waals surface area contributed by atoms with Crippen molar-refractivity contribution in [3.63, 3.8) is 0 Å². The average molecular weight is 431 g/mol. The highest BCUT2D eigenvalue weighted by Crippen LogP contribution is 2.30. The highest BCUT2D eigenvalue weighted by atomic mass is 35.5. The van der Waals surface area contributed by atoms with Crippen molar-refractivity contribution < 1.29 is 4.74 Å². The number of pyridine rings is 1. The van der Waals surface area contributed by atoms with Crippen molar-refractivity contribution in [3.8, 4) is 11.6 Å². The number of nitrogens with one attached hydrogen (secondary N) is 1. The lowest BCUT2D eigenvalue weighted by molar-refractivity contribution is 0.419. The van der Waals surface area contributed by atoms with Crippen LogP contribution in [-0.2, 0) is 0 Å². The molecule has 0 saturated heterocycles. The standard InChI is InChI=1S/C23H19ClN6O/c1-13-11-19(27-21-15(13)7-6-10-18(21)31-3)30-20(12-14(2)29-30)28-23-22(24)25-16-8-4-5-9-17(16)26-23/h4-12H,1-3H3,(H,26,28). The summed E-state index contributed by atoms with van der Waals surface area (Å²) in [5.74, 6) is 2.51. The summed E-state index contributed by atoms with van der Waals surface area (Å²) in [6.45, 7) is 3.96. The van der Waals surface area contributed by atoms with Crippen molar-refractivity contribution in [3.05, 3.63) is 71.0 Å². The Labute approximate surface area is 183 Å². The van der Waals surface area contributed by atoms with E-state index in [9.17, 15) is 0 Å². The molecule has 0 unspecified atom stereocenters. The summed E-state index contributed by atoms with van der Waals surface area (Å²) in [5, 5.41) is 9.22. The third-order valence-corrected chi connectivity index (χ3v) is 5.30. The minimum atomic E-state index is 0.286. The number of anilines is 2. The third kappa shape index (κ3) is 3.43. The second kappa shape index (κ2) is 7.52. The lowest BCUT2D eigenvalue weighted by atomic mass is 10.1. The van der Waals surface area contributed by atoms with E-state index in [1.54, 1.807) is 11.8 Å². The van der Waals surface area contributed by atoms with Gasteiger partial charge in [0.05, 0.1) is 23.8 Å². The maximum Gasteiger partial charge on any atom is 0.172 e. The first-order valence-electron chi connectivity index (χ1n) is 9.74. The molecular formula is C23H19ClN6O. The molecule has 3 heterocycles. The Hall–Kier alpha value is -3.71. The molecule has 5 rings (SSSR count). The zero-order chi connectivity index (χ0) is 21.5. The summed E-state index contributed by atoms with van der Waals surface area (Å²) in [6, 6.07) is 17.4. The molecule has 1 N–H and O–H groups in total. The van der Waals surface area contributed by atoms with Crippen LogP contribution in [0.25, 0.3) is 27.8 Å². The molecule has 0 aliphatic rings. The van der Waals surface area contributed by atoms with E-state index in [1.165, 1.54) is 0 Å². The van der Waals surface area contributed by atoms with Crippen LogP contribution in [0.3, 0.4) is 0 Å². The Bertz CT molecular complexity index is 1450. The summed E-state index contributed by atoms with van der Waals surface area (Å²) in [5.41, 5.74) is 4.17. The number of aryl methyl sites for hydroxylation is 2. The first-order valence-corrected chi connectivity index (χ1v) is 10.1. The maximum atomic E-state index is 6.40. The van der Waals surface area contributed by atoms with Gasteiger partial charge in [-0.1, -0.05) is 35.9 Å². The van der Waals surface area contributed by atoms with Gasteiger partial charge in [0.25, 0.3) is 0 Å². The van der Waals surface area contributed by atoms with E-state index in [4.69, 9.17) is 21.3 Å². The lowest BCUT2D eigenvalue weighted by Crippen LogP contribution is -2.07. The van der Waals surface area contributed by atoms with E-state index >= 15 is 0 Å². The van der Waals surface area contributed by atoms with E-state index in [0.29, 0.717) is 23.2 Å². The van der Waals surface area contributed by atoms with Crippen molar-refractivity contribution in [2.24, 2.45) is 0 Å². The van der Waals surface area contributed by atoms with E-state index in [1.807, 2.05) is 68.4 Å². The van der Waals surface area contributed by atoms with Gasteiger partial charge in [-0.05, 0) is 43.7 Å². The minimum absolute atomic E-state index is 0.286. The van der Waals surface area contributed by atoms with Gasteiger partial charge in [-0.15, -0.1) is 0 Å². The monoisotopic (exact) mass is 430 g/mol. The summed E-state index contributed by atoms with van der Waals surface area (Å²) in [4.78, 5) is 13.9. The summed E-state index contributed by atoms with van der Waals surface area (Å²) < 4.78 is 7.26. The molecule has 154 valence electrons. The smallest absolute Gasteiger partial charge is 0.172 e. The van der Waals surface area contributed by atoms with Crippen molar-refractivity contribution >= 4 is 45.2 Å². The summed E-state index contributed by atoms with van der Waals surface area (Å²) in [7, 11) is 1.64. The van der Waals surface area contributed by atoms with Crippen LogP contribution in [0.1, 0.15) is 11.3 Å². The average Bonchev–Trinajstić information content (AvgIpc) is 3.14. The second-order valence-corrected chi connectivity index (χ2v) is 7.57. The molecule has 0 amide bonds. The van der Waals surface area contributed by atoms with E-state index in [0.717, 1.165) is 33.2 Å². The van der Waals surface area contributed by atoms with E-state index < -0.39 is 0 Å². The summed E-state index contributed by atoms with van der Waals surface area (Å²) in [6.07, 6.45) is 0. The van der Waals surface area contributed by atoms with Crippen molar-refractivity contribution in [1.29, 1.82) is 0 Å². The van der Waals surface area contributed by atoms with Crippen LogP contribution in [0.4, 0.5) is 11.6 Å². The molecule has 0 bridgehead atoms. The van der Waals surface area contributed by atoms with Gasteiger partial charge in [0.15, 0.2) is 16.8 Å². The number of rotatable bonds is 4. The molecule has 0 atom stereocenters. The molecule has 0 spiro atoms. The van der Waals surface area contributed by atoms with Crippen molar-refractivity contribution in [2.75, 3.05) is 12.4 Å². The van der Waals surface area contributed by atoms with Crippen LogP contribution in [-0.4, -0.2) is 31.8 Å². The van der Waals surface area contributed by atoms with Crippen LogP contribution in [0.15, 0.2) is 54.6 Å². The zero-order valence-corrected chi connectivity index (χ0v) is 18.0. The van der Waals surface area contributed by atoms with Gasteiger partial charge in [-0.25, -0.2) is 15.0 Å². The number of benzene rings is 2. The molecule has 0 aliphatic carbocycles. The van der Waals surface area contributed by atoms with Gasteiger partial charge in [-0.2, -0.15) is 9.78 Å². The van der Waals surface area contributed by atoms with Gasteiger partial charge < -0.3 is 10.1 Å². The quantitative estimate of drug-likeness (QED) is 0.412. The fourth-order valence-corrected chi connectivity index (χ4v) is 3.77. The SMILES string of the molecule is COc1cccc2c(C)cc(-n3nc(C)cc3Nc3nc4ccccc4nc3Cl)nc12. The number of para-hydroxylation sites is 3. The molecular weight excluding hydrogens is 412 g/mol. The highest BCUT2D eigenvalue weighted by molar-refractivity contribution is 6.32. The van der Waals surface area contributed by atoms with Gasteiger partial charge in [-0.3, -0.25) is 0 Å². The fraction of sp³-hybridized carbons (Fsp3) is 0.130. The van der Waals surface area contributed by atoms with Gasteiger partial charge >= 0.3 is 0 Å². The highest BCUT2D eigenvalue weighted by Gasteiger charge is 2.15.